The first-order chi connectivity index (χ1) is 17.3. The van der Waals surface area contributed by atoms with Gasteiger partial charge in [-0.1, -0.05) is 30.3 Å². The van der Waals surface area contributed by atoms with Gasteiger partial charge in [-0.3, -0.25) is 9.38 Å². The highest BCUT2D eigenvalue weighted by Crippen LogP contribution is 2.46. The van der Waals surface area contributed by atoms with Gasteiger partial charge >= 0.3 is 0 Å². The van der Waals surface area contributed by atoms with Crippen LogP contribution in [0.2, 0.25) is 0 Å². The van der Waals surface area contributed by atoms with Crippen LogP contribution in [0.25, 0.3) is 60.9 Å². The predicted molar refractivity (Wildman–Crippen MR) is 140 cm³/mol. The number of pyridine rings is 3. The molecule has 3 aromatic carbocycles. The monoisotopic (exact) mass is 446 g/mol. The highest BCUT2D eigenvalue weighted by atomic mass is 15.1. The Balaban J connectivity index is 1.40. The third kappa shape index (κ3) is 2.20. The molecular weight excluding hydrogens is 428 g/mol. The van der Waals surface area contributed by atoms with Gasteiger partial charge in [0.2, 0.25) is 0 Å². The van der Waals surface area contributed by atoms with Crippen molar-refractivity contribution < 1.29 is 0 Å². The molecule has 0 unspecified atom stereocenters. The zero-order valence-corrected chi connectivity index (χ0v) is 18.8. The molecule has 0 fully saturated rings. The fourth-order valence-corrected chi connectivity index (χ4v) is 6.38. The van der Waals surface area contributed by atoms with Crippen LogP contribution in [0, 0.1) is 0 Å². The molecule has 0 saturated carbocycles. The molecule has 0 spiro atoms. The minimum Gasteiger partial charge on any atom is -0.288 e. The molecule has 0 N–H and O–H groups in total. The Bertz CT molecular complexity index is 2070. The smallest absolute Gasteiger partial charge is 0.178 e. The molecule has 0 amide bonds. The van der Waals surface area contributed by atoms with Gasteiger partial charge in [0.25, 0.3) is 0 Å². The molecular formula is C31H18N4. The van der Waals surface area contributed by atoms with Crippen molar-refractivity contribution in [3.8, 4) is 22.3 Å². The van der Waals surface area contributed by atoms with Crippen molar-refractivity contribution in [1.29, 1.82) is 0 Å². The van der Waals surface area contributed by atoms with Crippen LogP contribution in [0.5, 0.6) is 0 Å². The largest absolute Gasteiger partial charge is 0.288 e. The molecule has 4 heteroatoms. The molecule has 0 aliphatic heterocycles. The van der Waals surface area contributed by atoms with Crippen molar-refractivity contribution in [3.63, 3.8) is 0 Å². The van der Waals surface area contributed by atoms with E-state index in [9.17, 15) is 0 Å². The number of nitrogens with zero attached hydrogens (tertiary/aromatic N) is 4. The zero-order chi connectivity index (χ0) is 22.7. The minimum absolute atomic E-state index is 0.764. The Kier molecular flexibility index (Phi) is 3.11. The Hall–Kier alpha value is -4.57. The summed E-state index contributed by atoms with van der Waals surface area (Å²) < 4.78 is 2.22. The average Bonchev–Trinajstić information content (AvgIpc) is 3.57. The molecule has 4 heterocycles. The van der Waals surface area contributed by atoms with E-state index in [-0.39, 0.29) is 0 Å². The Morgan fingerprint density at radius 3 is 2.26 bits per heavy atom. The molecule has 162 valence electrons. The van der Waals surface area contributed by atoms with Crippen molar-refractivity contribution in [3.05, 3.63) is 107 Å². The number of hydrogen-bond donors (Lipinski definition) is 0. The van der Waals surface area contributed by atoms with Crippen molar-refractivity contribution in [2.45, 2.75) is 12.8 Å². The standard InChI is InChI=1S/C31H18N4/c1-2-6-21-17(5-1)11-18-12-19-13-20-14-25-26(16-24(20)23(19)15-22(18)21)31-34-30-28(8-4-10-33-30)35(31)27-7-3-9-32-29(25)27/h1-10,12,14-16H,11,13H2. The number of aromatic nitrogens is 4. The van der Waals surface area contributed by atoms with E-state index in [0.29, 0.717) is 0 Å². The maximum atomic E-state index is 4.99. The van der Waals surface area contributed by atoms with Gasteiger partial charge in [0.15, 0.2) is 5.65 Å². The first kappa shape index (κ1) is 17.8. The van der Waals surface area contributed by atoms with E-state index >= 15 is 0 Å². The van der Waals surface area contributed by atoms with Gasteiger partial charge in [-0.15, -0.1) is 0 Å². The van der Waals surface area contributed by atoms with Crippen molar-refractivity contribution in [2.24, 2.45) is 0 Å². The van der Waals surface area contributed by atoms with E-state index in [1.165, 1.54) is 44.5 Å². The highest BCUT2D eigenvalue weighted by molar-refractivity contribution is 6.14. The molecule has 4 aromatic heterocycles. The predicted octanol–water partition coefficient (Wildman–Crippen LogP) is 6.73. The van der Waals surface area contributed by atoms with E-state index in [0.717, 1.165) is 51.5 Å². The van der Waals surface area contributed by atoms with Crippen LogP contribution in [0.4, 0.5) is 0 Å². The number of rotatable bonds is 0. The summed E-state index contributed by atoms with van der Waals surface area (Å²) in [7, 11) is 0. The topological polar surface area (TPSA) is 43.1 Å². The third-order valence-electron chi connectivity index (χ3n) is 7.89. The van der Waals surface area contributed by atoms with Crippen LogP contribution in [-0.4, -0.2) is 19.4 Å². The van der Waals surface area contributed by atoms with E-state index in [1.54, 1.807) is 0 Å². The Morgan fingerprint density at radius 1 is 0.571 bits per heavy atom. The lowest BCUT2D eigenvalue weighted by molar-refractivity contribution is 1.21. The summed E-state index contributed by atoms with van der Waals surface area (Å²) in [6.07, 6.45) is 5.68. The van der Waals surface area contributed by atoms with Crippen LogP contribution in [0.3, 0.4) is 0 Å². The van der Waals surface area contributed by atoms with Gasteiger partial charge < -0.3 is 0 Å². The number of imidazole rings is 1. The number of benzene rings is 3. The van der Waals surface area contributed by atoms with Gasteiger partial charge in [-0.2, -0.15) is 0 Å². The van der Waals surface area contributed by atoms with Crippen LogP contribution in [0.1, 0.15) is 22.3 Å². The fraction of sp³-hybridized carbons (Fsp3) is 0.0645. The first-order valence-corrected chi connectivity index (χ1v) is 12.0. The molecule has 4 nitrogen and oxygen atoms in total. The second kappa shape index (κ2) is 6.10. The second-order valence-corrected chi connectivity index (χ2v) is 9.72. The zero-order valence-electron chi connectivity index (χ0n) is 18.8. The summed E-state index contributed by atoms with van der Waals surface area (Å²) in [6.45, 7) is 0. The van der Waals surface area contributed by atoms with Crippen LogP contribution in [-0.2, 0) is 12.8 Å². The fourth-order valence-electron chi connectivity index (χ4n) is 6.38. The lowest BCUT2D eigenvalue weighted by atomic mass is 9.96. The molecule has 0 radical (unpaired) electrons. The summed E-state index contributed by atoms with van der Waals surface area (Å²) in [5.41, 5.74) is 15.9. The lowest BCUT2D eigenvalue weighted by Crippen LogP contribution is -1.94. The molecule has 2 aliphatic carbocycles. The molecule has 2 aliphatic rings. The number of hydrogen-bond acceptors (Lipinski definition) is 3. The SMILES string of the molecule is c1ccc2c(c1)Cc1cc3c(cc1-2)-c1cc2c(cc1C3)c1ncccc1n1c3cccnc3nc21. The second-order valence-electron chi connectivity index (χ2n) is 9.72. The summed E-state index contributed by atoms with van der Waals surface area (Å²) in [4.78, 5) is 14.4. The average molecular weight is 447 g/mol. The van der Waals surface area contributed by atoms with E-state index < -0.39 is 0 Å². The Morgan fingerprint density at radius 2 is 1.31 bits per heavy atom. The van der Waals surface area contributed by atoms with Crippen LogP contribution in [0.15, 0.2) is 85.2 Å². The van der Waals surface area contributed by atoms with Gasteiger partial charge in [-0.25, -0.2) is 9.97 Å². The first-order valence-electron chi connectivity index (χ1n) is 12.0. The quantitative estimate of drug-likeness (QED) is 0.243. The van der Waals surface area contributed by atoms with Gasteiger partial charge in [0.1, 0.15) is 5.65 Å². The van der Waals surface area contributed by atoms with E-state index in [1.807, 2.05) is 24.5 Å². The van der Waals surface area contributed by atoms with Gasteiger partial charge in [0, 0.05) is 23.2 Å². The molecule has 0 saturated heterocycles. The summed E-state index contributed by atoms with van der Waals surface area (Å²) in [5, 5.41) is 2.29. The maximum Gasteiger partial charge on any atom is 0.178 e. The molecule has 0 bridgehead atoms. The normalized spacial score (nSPS) is 13.5. The third-order valence-corrected chi connectivity index (χ3v) is 7.89. The van der Waals surface area contributed by atoms with Crippen molar-refractivity contribution >= 4 is 38.6 Å². The van der Waals surface area contributed by atoms with E-state index in [4.69, 9.17) is 9.97 Å². The lowest BCUT2D eigenvalue weighted by Gasteiger charge is -2.11. The summed E-state index contributed by atoms with van der Waals surface area (Å²) in [6, 6.07) is 26.6. The number of fused-ring (bicyclic) bond motifs is 14. The molecule has 0 atom stereocenters. The molecule has 7 aromatic rings. The van der Waals surface area contributed by atoms with Gasteiger partial charge in [-0.05, 0) is 99.8 Å². The van der Waals surface area contributed by atoms with Gasteiger partial charge in [0.05, 0.1) is 16.6 Å². The van der Waals surface area contributed by atoms with Crippen LogP contribution >= 0.6 is 0 Å². The minimum atomic E-state index is 0.764. The molecule has 35 heavy (non-hydrogen) atoms. The molecule has 9 rings (SSSR count). The summed E-state index contributed by atoms with van der Waals surface area (Å²) >= 11 is 0. The Labute approximate surface area is 200 Å². The van der Waals surface area contributed by atoms with Crippen molar-refractivity contribution in [2.75, 3.05) is 0 Å². The highest BCUT2D eigenvalue weighted by Gasteiger charge is 2.26. The van der Waals surface area contributed by atoms with Crippen molar-refractivity contribution in [1.82, 2.24) is 19.4 Å². The van der Waals surface area contributed by atoms with E-state index in [2.05, 4.69) is 70.0 Å². The van der Waals surface area contributed by atoms with Crippen LogP contribution < -0.4 is 0 Å². The maximum absolute atomic E-state index is 4.99. The summed E-state index contributed by atoms with van der Waals surface area (Å²) in [5.74, 6) is 0.